The molecule has 1 aromatic carbocycles. The smallest absolute Gasteiger partial charge is 0.312 e. The molecular weight excluding hydrogens is 240 g/mol. The number of rotatable bonds is 4. The lowest BCUT2D eigenvalue weighted by molar-refractivity contribution is -0.385. The molecule has 0 N–H and O–H groups in total. The number of thioether (sulfide) groups is 1. The molecule has 0 amide bonds. The highest BCUT2D eigenvalue weighted by molar-refractivity contribution is 8.03. The highest BCUT2D eigenvalue weighted by Crippen LogP contribution is 2.30. The Hall–Kier alpha value is -1.45. The fourth-order valence-electron chi connectivity index (χ4n) is 0.875. The van der Waals surface area contributed by atoms with Crippen molar-refractivity contribution in [2.45, 2.75) is 0 Å². The maximum absolute atomic E-state index is 10.6. The molecule has 7 heteroatoms. The first kappa shape index (κ1) is 11.6. The van der Waals surface area contributed by atoms with Gasteiger partial charge in [0.15, 0.2) is 5.75 Å². The van der Waals surface area contributed by atoms with Gasteiger partial charge >= 0.3 is 5.69 Å². The van der Waals surface area contributed by atoms with E-state index in [1.165, 1.54) is 18.2 Å². The number of benzene rings is 1. The molecule has 0 radical (unpaired) electrons. The molecule has 0 heterocycles. The number of nitro groups is 1. The van der Waals surface area contributed by atoms with Gasteiger partial charge in [-0.1, -0.05) is 11.6 Å². The molecule has 0 aliphatic rings. The summed E-state index contributed by atoms with van der Waals surface area (Å²) in [4.78, 5) is 10.0. The quantitative estimate of drug-likeness (QED) is 0.268. The predicted molar refractivity (Wildman–Crippen MR) is 56.8 cm³/mol. The summed E-state index contributed by atoms with van der Waals surface area (Å²) in [6.07, 6.45) is 0. The minimum absolute atomic E-state index is 0.0406. The van der Waals surface area contributed by atoms with Gasteiger partial charge in [0.2, 0.25) is 0 Å². The van der Waals surface area contributed by atoms with Crippen LogP contribution in [-0.2, 0) is 0 Å². The summed E-state index contributed by atoms with van der Waals surface area (Å²) in [6, 6.07) is 4.09. The summed E-state index contributed by atoms with van der Waals surface area (Å²) in [5.74, 6) is 0.144. The Labute approximate surface area is 94.7 Å². The van der Waals surface area contributed by atoms with Crippen molar-refractivity contribution >= 4 is 29.1 Å². The van der Waals surface area contributed by atoms with Crippen LogP contribution in [0.1, 0.15) is 0 Å². The standard InChI is InChI=1S/C8H5ClN2O3S/c9-6-1-2-8(14-5-15-4-10)7(3-6)11(12)13/h1-3H,5H2. The van der Waals surface area contributed by atoms with Crippen molar-refractivity contribution in [2.75, 3.05) is 5.94 Å². The predicted octanol–water partition coefficient (Wildman–Crippen LogP) is 2.80. The van der Waals surface area contributed by atoms with Crippen molar-refractivity contribution in [3.8, 4) is 11.2 Å². The summed E-state index contributed by atoms with van der Waals surface area (Å²) < 4.78 is 5.03. The van der Waals surface area contributed by atoms with E-state index in [0.717, 1.165) is 11.8 Å². The van der Waals surface area contributed by atoms with Gasteiger partial charge in [-0.3, -0.25) is 10.1 Å². The third-order valence-electron chi connectivity index (χ3n) is 1.46. The molecule has 1 aromatic rings. The molecule has 0 unspecified atom stereocenters. The first-order valence-electron chi connectivity index (χ1n) is 3.72. The van der Waals surface area contributed by atoms with E-state index in [0.29, 0.717) is 0 Å². The van der Waals surface area contributed by atoms with Crippen molar-refractivity contribution < 1.29 is 9.66 Å². The maximum atomic E-state index is 10.6. The minimum atomic E-state index is -0.585. The summed E-state index contributed by atoms with van der Waals surface area (Å²) >= 11 is 6.46. The van der Waals surface area contributed by atoms with Crippen molar-refractivity contribution in [3.05, 3.63) is 33.3 Å². The molecule has 5 nitrogen and oxygen atoms in total. The number of thiocyanates is 1. The van der Waals surface area contributed by atoms with E-state index in [1.54, 1.807) is 5.40 Å². The van der Waals surface area contributed by atoms with Gasteiger partial charge in [0, 0.05) is 11.1 Å². The zero-order chi connectivity index (χ0) is 11.3. The van der Waals surface area contributed by atoms with Gasteiger partial charge in [-0.05, 0) is 23.9 Å². The highest BCUT2D eigenvalue weighted by Gasteiger charge is 2.15. The molecule has 0 fully saturated rings. The van der Waals surface area contributed by atoms with E-state index in [1.807, 2.05) is 0 Å². The van der Waals surface area contributed by atoms with E-state index in [9.17, 15) is 10.1 Å². The van der Waals surface area contributed by atoms with E-state index < -0.39 is 4.92 Å². The van der Waals surface area contributed by atoms with Crippen LogP contribution in [0.5, 0.6) is 5.75 Å². The number of nitrogens with zero attached hydrogens (tertiary/aromatic N) is 2. The van der Waals surface area contributed by atoms with Gasteiger partial charge in [0.25, 0.3) is 0 Å². The Morgan fingerprint density at radius 3 is 3.00 bits per heavy atom. The van der Waals surface area contributed by atoms with Gasteiger partial charge < -0.3 is 4.74 Å². The maximum Gasteiger partial charge on any atom is 0.312 e. The summed E-state index contributed by atoms with van der Waals surface area (Å²) in [7, 11) is 0. The molecule has 0 aliphatic carbocycles. The molecular formula is C8H5ClN2O3S. The molecule has 0 saturated carbocycles. The summed E-state index contributed by atoms with van der Waals surface area (Å²) in [6.45, 7) is 0. The zero-order valence-electron chi connectivity index (χ0n) is 7.34. The lowest BCUT2D eigenvalue weighted by Crippen LogP contribution is -1.97. The van der Waals surface area contributed by atoms with Gasteiger partial charge in [-0.15, -0.1) is 0 Å². The van der Waals surface area contributed by atoms with E-state index >= 15 is 0 Å². The van der Waals surface area contributed by atoms with E-state index in [4.69, 9.17) is 21.6 Å². The Kier molecular flexibility index (Phi) is 4.21. The van der Waals surface area contributed by atoms with Crippen LogP contribution in [0.3, 0.4) is 0 Å². The van der Waals surface area contributed by atoms with Gasteiger partial charge in [-0.25, -0.2) is 0 Å². The fourth-order valence-corrected chi connectivity index (χ4v) is 1.28. The second-order valence-electron chi connectivity index (χ2n) is 2.37. The number of nitro benzene ring substituents is 1. The second-order valence-corrected chi connectivity index (χ2v) is 3.51. The largest absolute Gasteiger partial charge is 0.475 e. The first-order valence-corrected chi connectivity index (χ1v) is 5.09. The van der Waals surface area contributed by atoms with Crippen LogP contribution in [0.2, 0.25) is 5.02 Å². The van der Waals surface area contributed by atoms with E-state index in [2.05, 4.69) is 0 Å². The third kappa shape index (κ3) is 3.31. The molecule has 0 atom stereocenters. The molecule has 1 rings (SSSR count). The van der Waals surface area contributed by atoms with Crippen molar-refractivity contribution in [3.63, 3.8) is 0 Å². The number of hydrogen-bond donors (Lipinski definition) is 0. The lowest BCUT2D eigenvalue weighted by Gasteiger charge is -2.03. The SMILES string of the molecule is N#CSCOc1ccc(Cl)cc1[N+](=O)[O-]. The van der Waals surface area contributed by atoms with Crippen LogP contribution in [0.25, 0.3) is 0 Å². The monoisotopic (exact) mass is 244 g/mol. The van der Waals surface area contributed by atoms with Crippen LogP contribution >= 0.6 is 23.4 Å². The van der Waals surface area contributed by atoms with Crippen LogP contribution in [-0.4, -0.2) is 10.9 Å². The van der Waals surface area contributed by atoms with Crippen LogP contribution in [0, 0.1) is 20.8 Å². The summed E-state index contributed by atoms with van der Waals surface area (Å²) in [5, 5.41) is 20.9. The molecule has 0 spiro atoms. The Morgan fingerprint density at radius 2 is 2.40 bits per heavy atom. The highest BCUT2D eigenvalue weighted by atomic mass is 35.5. The number of nitriles is 1. The number of halogens is 1. The molecule has 0 bridgehead atoms. The average Bonchev–Trinajstić information content (AvgIpc) is 2.20. The number of hydrogen-bond acceptors (Lipinski definition) is 5. The topological polar surface area (TPSA) is 76.2 Å². The first-order chi connectivity index (χ1) is 7.15. The molecule has 0 saturated heterocycles. The van der Waals surface area contributed by atoms with Crippen molar-refractivity contribution in [1.29, 1.82) is 5.26 Å². The van der Waals surface area contributed by atoms with Crippen LogP contribution in [0.15, 0.2) is 18.2 Å². The van der Waals surface area contributed by atoms with Gasteiger partial charge in [0.05, 0.1) is 4.92 Å². The van der Waals surface area contributed by atoms with Gasteiger partial charge in [0.1, 0.15) is 11.3 Å². The van der Waals surface area contributed by atoms with Gasteiger partial charge in [-0.2, -0.15) is 5.26 Å². The third-order valence-corrected chi connectivity index (χ3v) is 2.06. The van der Waals surface area contributed by atoms with E-state index in [-0.39, 0.29) is 22.4 Å². The summed E-state index contributed by atoms with van der Waals surface area (Å²) in [5.41, 5.74) is -0.207. The minimum Gasteiger partial charge on any atom is -0.475 e. The Balaban J connectivity index is 2.87. The van der Waals surface area contributed by atoms with Crippen LogP contribution < -0.4 is 4.74 Å². The molecule has 78 valence electrons. The molecule has 15 heavy (non-hydrogen) atoms. The van der Waals surface area contributed by atoms with Crippen LogP contribution in [0.4, 0.5) is 5.69 Å². The van der Waals surface area contributed by atoms with Crippen molar-refractivity contribution in [1.82, 2.24) is 0 Å². The number of ether oxygens (including phenoxy) is 1. The average molecular weight is 245 g/mol. The Morgan fingerprint density at radius 1 is 1.67 bits per heavy atom. The normalized spacial score (nSPS) is 9.33. The second kappa shape index (κ2) is 5.44. The Bertz CT molecular complexity index is 419. The molecule has 0 aromatic heterocycles. The lowest BCUT2D eigenvalue weighted by atomic mass is 10.3. The van der Waals surface area contributed by atoms with Crippen molar-refractivity contribution in [2.24, 2.45) is 0 Å². The fraction of sp³-hybridized carbons (Fsp3) is 0.125. The molecule has 0 aliphatic heterocycles. The zero-order valence-corrected chi connectivity index (χ0v) is 8.92.